The van der Waals surface area contributed by atoms with Gasteiger partial charge in [-0.25, -0.2) is 9.59 Å². The van der Waals surface area contributed by atoms with E-state index in [2.05, 4.69) is 40.6 Å². The zero-order valence-electron chi connectivity index (χ0n) is 14.2. The molecule has 0 fully saturated rings. The summed E-state index contributed by atoms with van der Waals surface area (Å²) in [4.78, 5) is 52.9. The normalized spacial score (nSPS) is 13.1. The van der Waals surface area contributed by atoms with E-state index in [9.17, 15) is 24.0 Å². The number of carboxylic acids is 2. The molecular weight excluding hydrogens is 390 g/mol. The summed E-state index contributed by atoms with van der Waals surface area (Å²) in [6, 6.07) is -3.05. The smallest absolute Gasteiger partial charge is 0.329 e. The largest absolute Gasteiger partial charge is 0.480 e. The first-order chi connectivity index (χ1) is 12.0. The van der Waals surface area contributed by atoms with Crippen molar-refractivity contribution in [1.82, 2.24) is 10.6 Å². The Kier molecular flexibility index (Phi) is 14.3. The minimum absolute atomic E-state index is 0.0940. The van der Waals surface area contributed by atoms with Gasteiger partial charge in [0.05, 0.1) is 0 Å². The molecule has 6 N–H and O–H groups in total. The summed E-state index contributed by atoms with van der Waals surface area (Å²) >= 11 is 7.52. The van der Waals surface area contributed by atoms with E-state index in [0.717, 1.165) is 6.92 Å². The third-order valence-corrected chi connectivity index (χ3v) is 3.18. The molecule has 0 aromatic heterocycles. The number of hydrogen-bond donors (Lipinski definition) is 7. The van der Waals surface area contributed by atoms with Gasteiger partial charge in [0.2, 0.25) is 11.8 Å². The molecule has 0 aromatic rings. The van der Waals surface area contributed by atoms with Crippen LogP contribution in [0.3, 0.4) is 0 Å². The number of nitrogens with one attached hydrogen (secondary N) is 2. The van der Waals surface area contributed by atoms with Crippen molar-refractivity contribution in [1.29, 1.82) is 0 Å². The van der Waals surface area contributed by atoms with Crippen LogP contribution in [0.15, 0.2) is 0 Å². The molecule has 3 atom stereocenters. The van der Waals surface area contributed by atoms with Crippen LogP contribution in [-0.2, 0) is 28.7 Å². The summed E-state index contributed by atoms with van der Waals surface area (Å²) < 4.78 is 4.61. The van der Waals surface area contributed by atoms with Crippen LogP contribution in [0.1, 0.15) is 13.8 Å². The number of carbonyl (C=O) groups excluding carboxylic acids is 3. The minimum atomic E-state index is -1.29. The van der Waals surface area contributed by atoms with Gasteiger partial charge in [0.25, 0.3) is 0 Å². The molecular formula is C13H23N3O8S2. The summed E-state index contributed by atoms with van der Waals surface area (Å²) in [7, 11) is 0. The Labute approximate surface area is 160 Å². The molecule has 0 unspecified atom stereocenters. The fraction of sp³-hybridized carbons (Fsp3) is 0.615. The maximum absolute atomic E-state index is 11.1. The van der Waals surface area contributed by atoms with Crippen molar-refractivity contribution in [3.8, 4) is 0 Å². The highest BCUT2D eigenvalue weighted by atomic mass is 32.1. The third kappa shape index (κ3) is 13.3. The number of carboxylic acid groups (broad SMARTS) is 2. The molecule has 0 aliphatic rings. The average molecular weight is 413 g/mol. The lowest BCUT2D eigenvalue weighted by Gasteiger charge is -2.15. The van der Waals surface area contributed by atoms with E-state index in [1.54, 1.807) is 0 Å². The van der Waals surface area contributed by atoms with E-state index in [0.29, 0.717) is 0 Å². The fourth-order valence-corrected chi connectivity index (χ4v) is 1.59. The predicted molar refractivity (Wildman–Crippen MR) is 97.1 cm³/mol. The van der Waals surface area contributed by atoms with Gasteiger partial charge in [-0.2, -0.15) is 25.3 Å². The van der Waals surface area contributed by atoms with E-state index in [1.807, 2.05) is 0 Å². The fourth-order valence-electron chi connectivity index (χ4n) is 1.20. The first-order valence-corrected chi connectivity index (χ1v) is 8.36. The topological polar surface area (TPSA) is 185 Å². The number of rotatable bonds is 9. The van der Waals surface area contributed by atoms with Crippen LogP contribution >= 0.6 is 25.3 Å². The molecule has 0 radical (unpaired) electrons. The lowest BCUT2D eigenvalue weighted by molar-refractivity contribution is -0.150. The lowest BCUT2D eigenvalue weighted by Crippen LogP contribution is -2.45. The number of aliphatic carboxylic acids is 2. The van der Waals surface area contributed by atoms with Crippen LogP contribution in [0.2, 0.25) is 0 Å². The van der Waals surface area contributed by atoms with Gasteiger partial charge in [-0.15, -0.1) is 0 Å². The molecule has 0 bridgehead atoms. The second kappa shape index (κ2) is 14.2. The maximum atomic E-state index is 11.1. The molecule has 2 amide bonds. The van der Waals surface area contributed by atoms with Crippen molar-refractivity contribution in [2.24, 2.45) is 5.73 Å². The maximum Gasteiger partial charge on any atom is 0.329 e. The van der Waals surface area contributed by atoms with E-state index in [1.165, 1.54) is 6.92 Å². The SMILES string of the molecule is CC(=O)N[C@@H](COC(=O)[C@@H](N)CS)C(=O)O.CC(=O)N[C@@H](CS)C(=O)O. The number of thiol groups is 2. The predicted octanol–water partition coefficient (Wildman–Crippen LogP) is -2.12. The molecule has 0 spiro atoms. The van der Waals surface area contributed by atoms with Gasteiger partial charge in [-0.05, 0) is 0 Å². The molecule has 0 aliphatic heterocycles. The highest BCUT2D eigenvalue weighted by Crippen LogP contribution is 1.93. The van der Waals surface area contributed by atoms with Crippen molar-refractivity contribution in [3.63, 3.8) is 0 Å². The molecule has 13 heteroatoms. The Bertz CT molecular complexity index is 518. The quantitative estimate of drug-likeness (QED) is 0.164. The number of esters is 1. The van der Waals surface area contributed by atoms with E-state index >= 15 is 0 Å². The zero-order valence-corrected chi connectivity index (χ0v) is 16.0. The highest BCUT2D eigenvalue weighted by Gasteiger charge is 2.22. The molecule has 0 aliphatic carbocycles. The van der Waals surface area contributed by atoms with Crippen LogP contribution in [0.5, 0.6) is 0 Å². The Hall–Kier alpha value is -1.99. The van der Waals surface area contributed by atoms with Crippen LogP contribution in [0.4, 0.5) is 0 Å². The number of carbonyl (C=O) groups is 5. The molecule has 0 saturated carbocycles. The molecule has 0 aromatic carbocycles. The van der Waals surface area contributed by atoms with Gasteiger partial charge in [-0.3, -0.25) is 14.4 Å². The van der Waals surface area contributed by atoms with E-state index in [4.69, 9.17) is 15.9 Å². The number of amides is 2. The average Bonchev–Trinajstić information content (AvgIpc) is 2.54. The standard InChI is InChI=1S/C8H14N2O5S.C5H9NO3S/c1-4(11)10-6(7(12)13)2-15-8(14)5(9)3-16;1-3(7)6-4(2-10)5(8)9/h5-6,16H,2-3,9H2,1H3,(H,10,11)(H,12,13);4,10H,2H2,1H3,(H,6,7)(H,8,9)/t5-,6-;4-/m00/s1. The summed E-state index contributed by atoms with van der Waals surface area (Å²) in [5.41, 5.74) is 5.29. The summed E-state index contributed by atoms with van der Waals surface area (Å²) in [6.45, 7) is 1.96. The molecule has 26 heavy (non-hydrogen) atoms. The Morgan fingerprint density at radius 3 is 1.62 bits per heavy atom. The van der Waals surface area contributed by atoms with Gasteiger partial charge in [-0.1, -0.05) is 0 Å². The first-order valence-electron chi connectivity index (χ1n) is 7.09. The van der Waals surface area contributed by atoms with Crippen LogP contribution in [0, 0.1) is 0 Å². The van der Waals surface area contributed by atoms with Gasteiger partial charge < -0.3 is 31.3 Å². The van der Waals surface area contributed by atoms with Gasteiger partial charge in [0.15, 0.2) is 6.04 Å². The lowest BCUT2D eigenvalue weighted by atomic mass is 10.3. The van der Waals surface area contributed by atoms with Crippen molar-refractivity contribution in [2.75, 3.05) is 18.1 Å². The molecule has 0 saturated heterocycles. The number of hydrogen-bond acceptors (Lipinski definition) is 9. The van der Waals surface area contributed by atoms with Crippen molar-refractivity contribution in [2.45, 2.75) is 32.0 Å². The second-order valence-electron chi connectivity index (χ2n) is 4.78. The summed E-state index contributed by atoms with van der Waals surface area (Å²) in [5, 5.41) is 21.4. The zero-order chi connectivity index (χ0) is 20.9. The van der Waals surface area contributed by atoms with Crippen LogP contribution < -0.4 is 16.4 Å². The van der Waals surface area contributed by atoms with Gasteiger partial charge in [0, 0.05) is 25.4 Å². The summed E-state index contributed by atoms with van der Waals surface area (Å²) in [5.74, 6) is -3.80. The molecule has 0 heterocycles. The van der Waals surface area contributed by atoms with Crippen molar-refractivity contribution in [3.05, 3.63) is 0 Å². The Morgan fingerprint density at radius 2 is 1.35 bits per heavy atom. The first kappa shape index (κ1) is 26.2. The monoisotopic (exact) mass is 413 g/mol. The summed E-state index contributed by atoms with van der Waals surface area (Å²) in [6.07, 6.45) is 0. The highest BCUT2D eigenvalue weighted by molar-refractivity contribution is 7.80. The molecule has 0 rings (SSSR count). The minimum Gasteiger partial charge on any atom is -0.480 e. The van der Waals surface area contributed by atoms with Crippen molar-refractivity contribution >= 4 is 55.0 Å². The van der Waals surface area contributed by atoms with Crippen LogP contribution in [-0.4, -0.2) is 76.2 Å². The Balaban J connectivity index is 0. The number of ether oxygens (including phenoxy) is 1. The van der Waals surface area contributed by atoms with Crippen molar-refractivity contribution < 1.29 is 38.9 Å². The molecule has 11 nitrogen and oxygen atoms in total. The Morgan fingerprint density at radius 1 is 0.923 bits per heavy atom. The second-order valence-corrected chi connectivity index (χ2v) is 5.51. The van der Waals surface area contributed by atoms with Gasteiger partial charge in [0.1, 0.15) is 18.7 Å². The van der Waals surface area contributed by atoms with Gasteiger partial charge >= 0.3 is 17.9 Å². The molecule has 150 valence electrons. The number of nitrogens with two attached hydrogens (primary N) is 1. The van der Waals surface area contributed by atoms with E-state index in [-0.39, 0.29) is 17.4 Å². The van der Waals surface area contributed by atoms with E-state index < -0.39 is 48.5 Å². The third-order valence-electron chi connectivity index (χ3n) is 2.43. The van der Waals surface area contributed by atoms with Crippen LogP contribution in [0.25, 0.3) is 0 Å².